The average molecular weight is 324 g/mol. The minimum absolute atomic E-state index is 0.524. The lowest BCUT2D eigenvalue weighted by Gasteiger charge is -2.07. The Balaban J connectivity index is 2.09. The number of methoxy groups -OCH3 is 1. The number of ether oxygens (including phenoxy) is 1. The Bertz CT molecular complexity index is 1070. The molecule has 0 radical (unpaired) electrons. The van der Waals surface area contributed by atoms with Crippen molar-refractivity contribution in [2.75, 3.05) is 7.11 Å². The molecule has 0 aliphatic carbocycles. The number of benzene rings is 3. The van der Waals surface area contributed by atoms with Crippen molar-refractivity contribution in [2.24, 2.45) is 0 Å². The molecule has 120 valence electrons. The number of nitrogens with zero attached hydrogens (tertiary/aromatic N) is 1. The summed E-state index contributed by atoms with van der Waals surface area (Å²) in [6.07, 6.45) is 0. The molecule has 25 heavy (non-hydrogen) atoms. The van der Waals surface area contributed by atoms with Crippen LogP contribution >= 0.6 is 0 Å². The molecule has 0 fully saturated rings. The maximum absolute atomic E-state index is 9.38. The Labute approximate surface area is 146 Å². The summed E-state index contributed by atoms with van der Waals surface area (Å²) in [4.78, 5) is 3.50. The van der Waals surface area contributed by atoms with Gasteiger partial charge in [0.15, 0.2) is 0 Å². The summed E-state index contributed by atoms with van der Waals surface area (Å²) in [7, 11) is 1.59. The Morgan fingerprint density at radius 2 is 1.52 bits per heavy atom. The van der Waals surface area contributed by atoms with Gasteiger partial charge in [0.1, 0.15) is 11.8 Å². The van der Waals surface area contributed by atoms with E-state index in [-0.39, 0.29) is 0 Å². The van der Waals surface area contributed by atoms with Crippen LogP contribution in [0, 0.1) is 11.3 Å². The van der Waals surface area contributed by atoms with Crippen LogP contribution < -0.4 is 4.74 Å². The lowest BCUT2D eigenvalue weighted by molar-refractivity contribution is 0.414. The smallest absolute Gasteiger partial charge is 0.137 e. The molecule has 4 rings (SSSR count). The number of aromatic nitrogens is 1. The van der Waals surface area contributed by atoms with Gasteiger partial charge in [-0.3, -0.25) is 0 Å². The summed E-state index contributed by atoms with van der Waals surface area (Å²) >= 11 is 0. The third-order valence-electron chi connectivity index (χ3n) is 4.36. The number of fused-ring (bicyclic) bond motifs is 1. The number of nitriles is 1. The SMILES string of the molecule is COc1cc2c(-c3ccccc3)c(-c3ccccc3)[nH]c2cc1C#N. The molecule has 0 saturated heterocycles. The molecule has 1 heterocycles. The third kappa shape index (κ3) is 2.54. The maximum atomic E-state index is 9.38. The van der Waals surface area contributed by atoms with Gasteiger partial charge in [-0.2, -0.15) is 5.26 Å². The monoisotopic (exact) mass is 324 g/mol. The van der Waals surface area contributed by atoms with E-state index in [1.54, 1.807) is 7.11 Å². The number of nitrogens with one attached hydrogen (secondary N) is 1. The van der Waals surface area contributed by atoms with Crippen molar-refractivity contribution in [3.63, 3.8) is 0 Å². The summed E-state index contributed by atoms with van der Waals surface area (Å²) < 4.78 is 5.41. The number of rotatable bonds is 3. The van der Waals surface area contributed by atoms with E-state index in [4.69, 9.17) is 4.74 Å². The number of aromatic amines is 1. The number of H-pyrrole nitrogens is 1. The zero-order valence-corrected chi connectivity index (χ0v) is 13.8. The highest BCUT2D eigenvalue weighted by Gasteiger charge is 2.17. The van der Waals surface area contributed by atoms with E-state index in [0.717, 1.165) is 33.3 Å². The van der Waals surface area contributed by atoms with Gasteiger partial charge >= 0.3 is 0 Å². The second-order valence-corrected chi connectivity index (χ2v) is 5.82. The Hall–Kier alpha value is -3.51. The Morgan fingerprint density at radius 1 is 0.880 bits per heavy atom. The average Bonchev–Trinajstić information content (AvgIpc) is 3.06. The zero-order chi connectivity index (χ0) is 17.2. The number of hydrogen-bond acceptors (Lipinski definition) is 2. The molecule has 1 aromatic heterocycles. The second-order valence-electron chi connectivity index (χ2n) is 5.82. The predicted octanol–water partition coefficient (Wildman–Crippen LogP) is 5.38. The maximum Gasteiger partial charge on any atom is 0.137 e. The summed E-state index contributed by atoms with van der Waals surface area (Å²) in [5, 5.41) is 10.4. The first kappa shape index (κ1) is 15.0. The molecule has 3 aromatic carbocycles. The lowest BCUT2D eigenvalue weighted by atomic mass is 9.98. The van der Waals surface area contributed by atoms with Gasteiger partial charge in [0.05, 0.1) is 18.4 Å². The van der Waals surface area contributed by atoms with Gasteiger partial charge in [-0.25, -0.2) is 0 Å². The molecule has 1 N–H and O–H groups in total. The van der Waals surface area contributed by atoms with Crippen LogP contribution in [0.4, 0.5) is 0 Å². The van der Waals surface area contributed by atoms with Crippen molar-refractivity contribution in [1.82, 2.24) is 4.98 Å². The van der Waals surface area contributed by atoms with Crippen LogP contribution in [-0.4, -0.2) is 12.1 Å². The largest absolute Gasteiger partial charge is 0.495 e. The number of hydrogen-bond donors (Lipinski definition) is 1. The summed E-state index contributed by atoms with van der Waals surface area (Å²) in [6.45, 7) is 0. The topological polar surface area (TPSA) is 48.8 Å². The Kier molecular flexibility index (Phi) is 3.72. The standard InChI is InChI=1S/C22H16N2O/c1-25-20-13-18-19(12-17(20)14-23)24-22(16-10-6-3-7-11-16)21(18)15-8-4-2-5-9-15/h2-13,24H,1H3. The van der Waals surface area contributed by atoms with Crippen LogP contribution in [-0.2, 0) is 0 Å². The van der Waals surface area contributed by atoms with Crippen molar-refractivity contribution < 1.29 is 4.74 Å². The highest BCUT2D eigenvalue weighted by atomic mass is 16.5. The fourth-order valence-corrected chi connectivity index (χ4v) is 3.20. The minimum Gasteiger partial charge on any atom is -0.495 e. The minimum atomic E-state index is 0.524. The third-order valence-corrected chi connectivity index (χ3v) is 4.36. The molecule has 4 aromatic rings. The van der Waals surface area contributed by atoms with E-state index in [1.807, 2.05) is 48.5 Å². The van der Waals surface area contributed by atoms with E-state index in [1.165, 1.54) is 0 Å². The molecule has 0 aliphatic rings. The summed E-state index contributed by atoms with van der Waals surface area (Å²) in [6, 6.07) is 26.5. The molecular weight excluding hydrogens is 308 g/mol. The van der Waals surface area contributed by atoms with Crippen LogP contribution in [0.25, 0.3) is 33.3 Å². The highest BCUT2D eigenvalue weighted by molar-refractivity contribution is 6.04. The van der Waals surface area contributed by atoms with Gasteiger partial charge in [-0.15, -0.1) is 0 Å². The van der Waals surface area contributed by atoms with Gasteiger partial charge in [-0.1, -0.05) is 60.7 Å². The van der Waals surface area contributed by atoms with Gasteiger partial charge < -0.3 is 9.72 Å². The van der Waals surface area contributed by atoms with E-state index in [2.05, 4.69) is 35.3 Å². The molecule has 0 bridgehead atoms. The summed E-state index contributed by atoms with van der Waals surface area (Å²) in [5.74, 6) is 0.589. The molecule has 3 heteroatoms. The van der Waals surface area contributed by atoms with Crippen LogP contribution in [0.1, 0.15) is 5.56 Å². The van der Waals surface area contributed by atoms with Crippen LogP contribution in [0.3, 0.4) is 0 Å². The Morgan fingerprint density at radius 3 is 2.12 bits per heavy atom. The van der Waals surface area contributed by atoms with Crippen LogP contribution in [0.2, 0.25) is 0 Å². The molecule has 0 atom stereocenters. The molecule has 0 spiro atoms. The fourth-order valence-electron chi connectivity index (χ4n) is 3.20. The predicted molar refractivity (Wildman–Crippen MR) is 100 cm³/mol. The highest BCUT2D eigenvalue weighted by Crippen LogP contribution is 2.40. The molecule has 0 amide bonds. The van der Waals surface area contributed by atoms with E-state index in [9.17, 15) is 5.26 Å². The normalized spacial score (nSPS) is 10.6. The molecule has 0 saturated carbocycles. The lowest BCUT2D eigenvalue weighted by Crippen LogP contribution is -1.88. The second kappa shape index (κ2) is 6.18. The molecule has 0 aliphatic heterocycles. The first-order valence-electron chi connectivity index (χ1n) is 8.06. The molecular formula is C22H16N2O. The summed E-state index contributed by atoms with van der Waals surface area (Å²) in [5.41, 5.74) is 5.84. The van der Waals surface area contributed by atoms with Crippen LogP contribution in [0.15, 0.2) is 72.8 Å². The zero-order valence-electron chi connectivity index (χ0n) is 13.8. The quantitative estimate of drug-likeness (QED) is 0.550. The first-order chi connectivity index (χ1) is 12.3. The van der Waals surface area contributed by atoms with Crippen molar-refractivity contribution in [3.8, 4) is 34.2 Å². The molecule has 0 unspecified atom stereocenters. The van der Waals surface area contributed by atoms with Crippen molar-refractivity contribution in [2.45, 2.75) is 0 Å². The molecule has 3 nitrogen and oxygen atoms in total. The van der Waals surface area contributed by atoms with Crippen molar-refractivity contribution in [3.05, 3.63) is 78.4 Å². The van der Waals surface area contributed by atoms with E-state index < -0.39 is 0 Å². The fraction of sp³-hybridized carbons (Fsp3) is 0.0455. The first-order valence-corrected chi connectivity index (χ1v) is 8.06. The van der Waals surface area contributed by atoms with Gasteiger partial charge in [0.2, 0.25) is 0 Å². The van der Waals surface area contributed by atoms with Crippen molar-refractivity contribution >= 4 is 10.9 Å². The van der Waals surface area contributed by atoms with Gasteiger partial charge in [0.25, 0.3) is 0 Å². The van der Waals surface area contributed by atoms with E-state index in [0.29, 0.717) is 11.3 Å². The van der Waals surface area contributed by atoms with Gasteiger partial charge in [-0.05, 0) is 23.3 Å². The van der Waals surface area contributed by atoms with Crippen molar-refractivity contribution in [1.29, 1.82) is 5.26 Å². The van der Waals surface area contributed by atoms with Gasteiger partial charge in [0, 0.05) is 16.5 Å². The van der Waals surface area contributed by atoms with E-state index >= 15 is 0 Å². The van der Waals surface area contributed by atoms with Crippen LogP contribution in [0.5, 0.6) is 5.75 Å².